The Morgan fingerprint density at radius 2 is 1.95 bits per heavy atom. The van der Waals surface area contributed by atoms with Crippen molar-refractivity contribution >= 4 is 11.4 Å². The number of oxime groups is 1. The van der Waals surface area contributed by atoms with Gasteiger partial charge in [-0.1, -0.05) is 17.3 Å². The molecule has 5 heteroatoms. The van der Waals surface area contributed by atoms with Gasteiger partial charge in [-0.15, -0.1) is 0 Å². The molecule has 19 heavy (non-hydrogen) atoms. The summed E-state index contributed by atoms with van der Waals surface area (Å²) in [5.41, 5.74) is 3.03. The second-order valence-electron chi connectivity index (χ2n) is 4.80. The average molecular weight is 262 g/mol. The van der Waals surface area contributed by atoms with Crippen LogP contribution in [-0.4, -0.2) is 43.7 Å². The van der Waals surface area contributed by atoms with Gasteiger partial charge in [-0.05, 0) is 17.7 Å². The number of hydrogen-bond donors (Lipinski definition) is 1. The fourth-order valence-corrected chi connectivity index (χ4v) is 2.42. The van der Waals surface area contributed by atoms with Crippen molar-refractivity contribution in [3.8, 4) is 0 Å². The van der Waals surface area contributed by atoms with E-state index in [0.29, 0.717) is 12.1 Å². The van der Waals surface area contributed by atoms with Crippen LogP contribution in [0.25, 0.3) is 0 Å². The number of ether oxygens (including phenoxy) is 1. The van der Waals surface area contributed by atoms with E-state index in [9.17, 15) is 0 Å². The van der Waals surface area contributed by atoms with Gasteiger partial charge in [0.1, 0.15) is 0 Å². The Bertz CT molecular complexity index is 452. The molecule has 1 aromatic carbocycles. The highest BCUT2D eigenvalue weighted by molar-refractivity contribution is 5.86. The molecule has 5 nitrogen and oxygen atoms in total. The zero-order valence-corrected chi connectivity index (χ0v) is 10.8. The normalized spacial score (nSPS) is 23.1. The summed E-state index contributed by atoms with van der Waals surface area (Å²) < 4.78 is 5.35. The minimum Gasteiger partial charge on any atom is -0.390 e. The molecule has 1 saturated heterocycles. The van der Waals surface area contributed by atoms with Crippen molar-refractivity contribution in [2.24, 2.45) is 5.16 Å². The molecule has 0 aromatic heterocycles. The number of hydrogen-bond acceptors (Lipinski definition) is 5. The Balaban J connectivity index is 1.66. The molecule has 3 rings (SSSR count). The van der Waals surface area contributed by atoms with Gasteiger partial charge in [-0.3, -0.25) is 0 Å². The van der Waals surface area contributed by atoms with Crippen LogP contribution in [0.15, 0.2) is 29.4 Å². The highest BCUT2D eigenvalue weighted by atomic mass is 16.6. The molecule has 1 aromatic rings. The Hall–Kier alpha value is -1.59. The Morgan fingerprint density at radius 1 is 1.21 bits per heavy atom. The number of rotatable bonds is 3. The van der Waals surface area contributed by atoms with Gasteiger partial charge in [0.2, 0.25) is 0 Å². The second-order valence-corrected chi connectivity index (χ2v) is 4.80. The van der Waals surface area contributed by atoms with E-state index in [4.69, 9.17) is 14.7 Å². The third kappa shape index (κ3) is 2.72. The van der Waals surface area contributed by atoms with Gasteiger partial charge >= 0.3 is 0 Å². The van der Waals surface area contributed by atoms with Crippen molar-refractivity contribution in [3.05, 3.63) is 29.8 Å². The molecule has 0 aliphatic carbocycles. The van der Waals surface area contributed by atoms with Crippen LogP contribution in [0.3, 0.4) is 0 Å². The zero-order chi connectivity index (χ0) is 13.1. The molecule has 0 radical (unpaired) electrons. The van der Waals surface area contributed by atoms with Gasteiger partial charge in [0.25, 0.3) is 0 Å². The predicted molar refractivity (Wildman–Crippen MR) is 72.4 cm³/mol. The summed E-state index contributed by atoms with van der Waals surface area (Å²) in [6.07, 6.45) is 0.619. The molecular weight excluding hydrogens is 244 g/mol. The lowest BCUT2D eigenvalue weighted by atomic mass is 10.0. The maximum atomic E-state index is 9.02. The molecule has 2 aliphatic rings. The number of aliphatic hydroxyl groups excluding tert-OH is 1. The van der Waals surface area contributed by atoms with Gasteiger partial charge < -0.3 is 19.6 Å². The summed E-state index contributed by atoms with van der Waals surface area (Å²) in [6, 6.07) is 8.37. The smallest absolute Gasteiger partial charge is 0.158 e. The van der Waals surface area contributed by atoms with Gasteiger partial charge in [0.15, 0.2) is 6.10 Å². The van der Waals surface area contributed by atoms with Gasteiger partial charge in [-0.25, -0.2) is 0 Å². The Kier molecular flexibility index (Phi) is 3.66. The molecule has 0 spiro atoms. The number of morpholine rings is 1. The molecule has 2 heterocycles. The number of aliphatic hydroxyl groups is 1. The SMILES string of the molecule is OCC1=NOC(c2ccc(N3CCOCC3)cc2)C1. The van der Waals surface area contributed by atoms with Crippen molar-refractivity contribution in [1.29, 1.82) is 0 Å². The molecule has 102 valence electrons. The minimum absolute atomic E-state index is 0.0254. The topological polar surface area (TPSA) is 54.3 Å². The van der Waals surface area contributed by atoms with Crippen molar-refractivity contribution in [3.63, 3.8) is 0 Å². The largest absolute Gasteiger partial charge is 0.390 e. The summed E-state index contributed by atoms with van der Waals surface area (Å²) in [6.45, 7) is 3.44. The van der Waals surface area contributed by atoms with Crippen molar-refractivity contribution in [2.75, 3.05) is 37.8 Å². The second kappa shape index (κ2) is 5.59. The molecule has 1 N–H and O–H groups in total. The van der Waals surface area contributed by atoms with Gasteiger partial charge in [0, 0.05) is 25.2 Å². The van der Waals surface area contributed by atoms with E-state index in [1.807, 2.05) is 0 Å². The number of anilines is 1. The third-order valence-corrected chi connectivity index (χ3v) is 3.55. The Labute approximate surface area is 112 Å². The van der Waals surface area contributed by atoms with E-state index in [1.165, 1.54) is 5.69 Å². The van der Waals surface area contributed by atoms with Gasteiger partial charge in [0.05, 0.1) is 25.5 Å². The fourth-order valence-electron chi connectivity index (χ4n) is 2.42. The van der Waals surface area contributed by atoms with E-state index in [2.05, 4.69) is 34.3 Å². The van der Waals surface area contributed by atoms with Gasteiger partial charge in [-0.2, -0.15) is 0 Å². The highest BCUT2D eigenvalue weighted by Gasteiger charge is 2.22. The van der Waals surface area contributed by atoms with Crippen molar-refractivity contribution in [1.82, 2.24) is 0 Å². The van der Waals surface area contributed by atoms with Crippen molar-refractivity contribution in [2.45, 2.75) is 12.5 Å². The molecule has 0 bridgehead atoms. The molecular formula is C14H18N2O3. The van der Waals surface area contributed by atoms with E-state index in [-0.39, 0.29) is 12.7 Å². The van der Waals surface area contributed by atoms with Crippen LogP contribution in [0.2, 0.25) is 0 Å². The first kappa shape index (κ1) is 12.4. The summed E-state index contributed by atoms with van der Waals surface area (Å²) in [5, 5.41) is 12.9. The molecule has 1 fully saturated rings. The first-order valence-electron chi connectivity index (χ1n) is 6.62. The van der Waals surface area contributed by atoms with Crippen LogP contribution in [0, 0.1) is 0 Å². The molecule has 1 unspecified atom stereocenters. The number of benzene rings is 1. The van der Waals surface area contributed by atoms with Crippen LogP contribution in [-0.2, 0) is 9.57 Å². The fraction of sp³-hybridized carbons (Fsp3) is 0.500. The molecule has 2 aliphatic heterocycles. The van der Waals surface area contributed by atoms with E-state index in [1.54, 1.807) is 0 Å². The van der Waals surface area contributed by atoms with E-state index < -0.39 is 0 Å². The lowest BCUT2D eigenvalue weighted by Gasteiger charge is -2.29. The minimum atomic E-state index is -0.0547. The third-order valence-electron chi connectivity index (χ3n) is 3.55. The summed E-state index contributed by atoms with van der Waals surface area (Å²) >= 11 is 0. The van der Waals surface area contributed by atoms with Crippen LogP contribution in [0.4, 0.5) is 5.69 Å². The molecule has 1 atom stereocenters. The zero-order valence-electron chi connectivity index (χ0n) is 10.8. The van der Waals surface area contributed by atoms with Crippen molar-refractivity contribution < 1.29 is 14.7 Å². The van der Waals surface area contributed by atoms with Crippen LogP contribution in [0.5, 0.6) is 0 Å². The maximum Gasteiger partial charge on any atom is 0.158 e. The molecule has 0 saturated carbocycles. The lowest BCUT2D eigenvalue weighted by molar-refractivity contribution is 0.0856. The predicted octanol–water partition coefficient (Wildman–Crippen LogP) is 1.33. The summed E-state index contributed by atoms with van der Waals surface area (Å²) in [4.78, 5) is 7.64. The maximum absolute atomic E-state index is 9.02. The Morgan fingerprint density at radius 3 is 2.58 bits per heavy atom. The standard InChI is InChI=1S/C14H18N2O3/c17-10-12-9-14(19-15-12)11-1-3-13(4-2-11)16-5-7-18-8-6-16/h1-4,14,17H,5-10H2. The van der Waals surface area contributed by atoms with Crippen LogP contribution >= 0.6 is 0 Å². The van der Waals surface area contributed by atoms with E-state index >= 15 is 0 Å². The monoisotopic (exact) mass is 262 g/mol. The number of nitrogens with zero attached hydrogens (tertiary/aromatic N) is 2. The van der Waals surface area contributed by atoms with Crippen LogP contribution in [0.1, 0.15) is 18.1 Å². The quantitative estimate of drug-likeness (QED) is 0.893. The summed E-state index contributed by atoms with van der Waals surface area (Å²) in [5.74, 6) is 0. The van der Waals surface area contributed by atoms with E-state index in [0.717, 1.165) is 31.9 Å². The van der Waals surface area contributed by atoms with Crippen LogP contribution < -0.4 is 4.90 Å². The lowest BCUT2D eigenvalue weighted by Crippen LogP contribution is -2.36. The highest BCUT2D eigenvalue weighted by Crippen LogP contribution is 2.28. The average Bonchev–Trinajstić information content (AvgIpc) is 2.97. The first-order valence-corrected chi connectivity index (χ1v) is 6.62. The summed E-state index contributed by atoms with van der Waals surface area (Å²) in [7, 11) is 0. The molecule has 0 amide bonds. The first-order chi connectivity index (χ1) is 9.36.